The second kappa shape index (κ2) is 5.59. The number of fused-ring (bicyclic) bond motifs is 1. The van der Waals surface area contributed by atoms with Crippen LogP contribution in [-0.4, -0.2) is 39.5 Å². The van der Waals surface area contributed by atoms with E-state index in [1.165, 1.54) is 0 Å². The SMILES string of the molecule is NC1(C(=O)N2C(C(=O)O)CC3CCCCC32)CCCCC1. The summed E-state index contributed by atoms with van der Waals surface area (Å²) in [5.41, 5.74) is 5.56. The van der Waals surface area contributed by atoms with Crippen molar-refractivity contribution in [2.24, 2.45) is 11.7 Å². The van der Waals surface area contributed by atoms with E-state index in [1.54, 1.807) is 4.90 Å². The highest BCUT2D eigenvalue weighted by Gasteiger charge is 2.51. The fraction of sp³-hybridized carbons (Fsp3) is 0.875. The molecule has 3 N–H and O–H groups in total. The molecule has 1 saturated heterocycles. The van der Waals surface area contributed by atoms with E-state index in [-0.39, 0.29) is 11.9 Å². The van der Waals surface area contributed by atoms with Crippen LogP contribution in [0.4, 0.5) is 0 Å². The number of hydrogen-bond donors (Lipinski definition) is 2. The van der Waals surface area contributed by atoms with Gasteiger partial charge in [-0.3, -0.25) is 4.79 Å². The van der Waals surface area contributed by atoms with Crippen LogP contribution in [0.3, 0.4) is 0 Å². The molecule has 3 rings (SSSR count). The van der Waals surface area contributed by atoms with E-state index in [4.69, 9.17) is 5.73 Å². The molecule has 21 heavy (non-hydrogen) atoms. The maximum absolute atomic E-state index is 13.0. The van der Waals surface area contributed by atoms with Crippen molar-refractivity contribution in [1.29, 1.82) is 0 Å². The molecular weight excluding hydrogens is 268 g/mol. The van der Waals surface area contributed by atoms with Gasteiger partial charge in [0.05, 0.1) is 5.54 Å². The van der Waals surface area contributed by atoms with Crippen LogP contribution >= 0.6 is 0 Å². The minimum absolute atomic E-state index is 0.0935. The Labute approximate surface area is 125 Å². The Morgan fingerprint density at radius 1 is 1.05 bits per heavy atom. The van der Waals surface area contributed by atoms with Crippen molar-refractivity contribution in [3.05, 3.63) is 0 Å². The summed E-state index contributed by atoms with van der Waals surface area (Å²) < 4.78 is 0. The van der Waals surface area contributed by atoms with Crippen molar-refractivity contribution in [3.63, 3.8) is 0 Å². The quantitative estimate of drug-likeness (QED) is 0.814. The third kappa shape index (κ3) is 2.56. The molecule has 0 spiro atoms. The van der Waals surface area contributed by atoms with Crippen molar-refractivity contribution in [2.45, 2.75) is 81.8 Å². The predicted octanol–water partition coefficient (Wildman–Crippen LogP) is 1.89. The first-order valence-corrected chi connectivity index (χ1v) is 8.37. The van der Waals surface area contributed by atoms with E-state index >= 15 is 0 Å². The summed E-state index contributed by atoms with van der Waals surface area (Å²) >= 11 is 0. The Hall–Kier alpha value is -1.10. The highest BCUT2D eigenvalue weighted by molar-refractivity contribution is 5.91. The van der Waals surface area contributed by atoms with Crippen molar-refractivity contribution >= 4 is 11.9 Å². The number of carboxylic acids is 1. The van der Waals surface area contributed by atoms with E-state index in [0.717, 1.165) is 44.9 Å². The van der Waals surface area contributed by atoms with Crippen molar-refractivity contribution in [3.8, 4) is 0 Å². The third-order valence-electron chi connectivity index (χ3n) is 5.78. The lowest BCUT2D eigenvalue weighted by Crippen LogP contribution is -2.60. The van der Waals surface area contributed by atoms with Gasteiger partial charge < -0.3 is 15.7 Å². The number of hydrogen-bond acceptors (Lipinski definition) is 3. The smallest absolute Gasteiger partial charge is 0.326 e. The largest absolute Gasteiger partial charge is 0.480 e. The molecule has 2 aliphatic carbocycles. The molecule has 1 amide bonds. The molecule has 0 aromatic heterocycles. The molecule has 0 aromatic carbocycles. The lowest BCUT2D eigenvalue weighted by molar-refractivity contribution is -0.153. The molecular formula is C16H26N2O3. The molecule has 5 heteroatoms. The maximum atomic E-state index is 13.0. The summed E-state index contributed by atoms with van der Waals surface area (Å²) in [6.45, 7) is 0. The average Bonchev–Trinajstić information content (AvgIpc) is 2.86. The third-order valence-corrected chi connectivity index (χ3v) is 5.78. The number of carbonyl (C=O) groups excluding carboxylic acids is 1. The van der Waals surface area contributed by atoms with E-state index in [9.17, 15) is 14.7 Å². The number of nitrogens with two attached hydrogens (primary N) is 1. The normalized spacial score (nSPS) is 35.3. The summed E-state index contributed by atoms with van der Waals surface area (Å²) in [4.78, 5) is 26.3. The molecule has 118 valence electrons. The van der Waals surface area contributed by atoms with E-state index in [1.807, 2.05) is 0 Å². The molecule has 1 heterocycles. The molecule has 5 nitrogen and oxygen atoms in total. The van der Waals surface area contributed by atoms with Gasteiger partial charge in [0.15, 0.2) is 0 Å². The van der Waals surface area contributed by atoms with Gasteiger partial charge >= 0.3 is 5.97 Å². The molecule has 3 aliphatic rings. The molecule has 0 bridgehead atoms. The first-order valence-electron chi connectivity index (χ1n) is 8.37. The highest BCUT2D eigenvalue weighted by Crippen LogP contribution is 2.42. The van der Waals surface area contributed by atoms with Gasteiger partial charge in [-0.05, 0) is 38.0 Å². The molecule has 0 radical (unpaired) electrons. The second-order valence-electron chi connectivity index (χ2n) is 7.13. The van der Waals surface area contributed by atoms with Crippen LogP contribution in [0.15, 0.2) is 0 Å². The molecule has 3 unspecified atom stereocenters. The molecule has 0 aromatic rings. The van der Waals surface area contributed by atoms with Crippen LogP contribution in [0, 0.1) is 5.92 Å². The monoisotopic (exact) mass is 294 g/mol. The van der Waals surface area contributed by atoms with Gasteiger partial charge in [-0.15, -0.1) is 0 Å². The fourth-order valence-electron chi connectivity index (χ4n) is 4.63. The summed E-state index contributed by atoms with van der Waals surface area (Å²) in [7, 11) is 0. The molecule has 3 fully saturated rings. The second-order valence-corrected chi connectivity index (χ2v) is 7.13. The summed E-state index contributed by atoms with van der Waals surface area (Å²) in [6.07, 6.45) is 9.33. The molecule has 2 saturated carbocycles. The average molecular weight is 294 g/mol. The van der Waals surface area contributed by atoms with Crippen LogP contribution in [0.2, 0.25) is 0 Å². The topological polar surface area (TPSA) is 83.6 Å². The number of likely N-dealkylation sites (tertiary alicyclic amines) is 1. The van der Waals surface area contributed by atoms with Gasteiger partial charge in [0.2, 0.25) is 5.91 Å². The molecule has 3 atom stereocenters. The summed E-state index contributed by atoms with van der Waals surface area (Å²) in [5, 5.41) is 9.53. The predicted molar refractivity (Wildman–Crippen MR) is 78.6 cm³/mol. The van der Waals surface area contributed by atoms with E-state index in [2.05, 4.69) is 0 Å². The van der Waals surface area contributed by atoms with Gasteiger partial charge in [-0.2, -0.15) is 0 Å². The van der Waals surface area contributed by atoms with E-state index in [0.29, 0.717) is 25.2 Å². The van der Waals surface area contributed by atoms with Crippen LogP contribution < -0.4 is 5.73 Å². The Balaban J connectivity index is 1.85. The number of amides is 1. The lowest BCUT2D eigenvalue weighted by Gasteiger charge is -2.40. The number of nitrogens with zero attached hydrogens (tertiary/aromatic N) is 1. The van der Waals surface area contributed by atoms with Crippen molar-refractivity contribution in [1.82, 2.24) is 4.90 Å². The number of carboxylic acid groups (broad SMARTS) is 1. The van der Waals surface area contributed by atoms with Crippen LogP contribution in [0.1, 0.15) is 64.2 Å². The van der Waals surface area contributed by atoms with Crippen LogP contribution in [0.5, 0.6) is 0 Å². The van der Waals surface area contributed by atoms with Crippen molar-refractivity contribution in [2.75, 3.05) is 0 Å². The zero-order valence-electron chi connectivity index (χ0n) is 12.6. The minimum Gasteiger partial charge on any atom is -0.480 e. The Bertz CT molecular complexity index is 431. The zero-order valence-corrected chi connectivity index (χ0v) is 12.6. The van der Waals surface area contributed by atoms with Crippen molar-refractivity contribution < 1.29 is 14.7 Å². The van der Waals surface area contributed by atoms with E-state index < -0.39 is 17.6 Å². The Morgan fingerprint density at radius 2 is 1.71 bits per heavy atom. The first-order chi connectivity index (χ1) is 10.0. The van der Waals surface area contributed by atoms with Gasteiger partial charge in [0.25, 0.3) is 0 Å². The van der Waals surface area contributed by atoms with Crippen LogP contribution in [0.25, 0.3) is 0 Å². The maximum Gasteiger partial charge on any atom is 0.326 e. The zero-order chi connectivity index (χ0) is 15.0. The van der Waals surface area contributed by atoms with Gasteiger partial charge in [0.1, 0.15) is 6.04 Å². The van der Waals surface area contributed by atoms with Crippen LogP contribution in [-0.2, 0) is 9.59 Å². The summed E-state index contributed by atoms with van der Waals surface area (Å²) in [5.74, 6) is -0.600. The van der Waals surface area contributed by atoms with Gasteiger partial charge in [-0.1, -0.05) is 32.1 Å². The molecule has 1 aliphatic heterocycles. The van der Waals surface area contributed by atoms with Gasteiger partial charge in [0, 0.05) is 6.04 Å². The lowest BCUT2D eigenvalue weighted by atomic mass is 9.80. The summed E-state index contributed by atoms with van der Waals surface area (Å²) in [6, 6.07) is -0.553. The standard InChI is InChI=1S/C16H26N2O3/c17-16(8-4-1-5-9-16)15(21)18-12-7-3-2-6-11(12)10-13(18)14(19)20/h11-13H,1-10,17H2,(H,19,20). The van der Waals surface area contributed by atoms with Gasteiger partial charge in [-0.25, -0.2) is 4.79 Å². The fourth-order valence-corrected chi connectivity index (χ4v) is 4.63. The number of rotatable bonds is 2. The Morgan fingerprint density at radius 3 is 2.38 bits per heavy atom. The Kier molecular flexibility index (Phi) is 3.95. The minimum atomic E-state index is -0.864. The highest BCUT2D eigenvalue weighted by atomic mass is 16.4. The number of carbonyl (C=O) groups is 2. The number of aliphatic carboxylic acids is 1. The first kappa shape index (κ1) is 14.8.